The molecule has 2 aliphatic carbocycles. The second kappa shape index (κ2) is 2.54. The van der Waals surface area contributed by atoms with Gasteiger partial charge in [0, 0.05) is 5.57 Å². The molecule has 0 nitrogen and oxygen atoms in total. The summed E-state index contributed by atoms with van der Waals surface area (Å²) in [6, 6.07) is 0. The summed E-state index contributed by atoms with van der Waals surface area (Å²) in [6.07, 6.45) is 5.66. The molecule has 2 rings (SSSR count). The highest BCUT2D eigenvalue weighted by molar-refractivity contribution is 5.45. The fourth-order valence-corrected chi connectivity index (χ4v) is 1.50. The molecule has 11 heavy (non-hydrogen) atoms. The summed E-state index contributed by atoms with van der Waals surface area (Å²) < 4.78 is 12.7. The summed E-state index contributed by atoms with van der Waals surface area (Å²) >= 11 is 0. The van der Waals surface area contributed by atoms with Gasteiger partial charge in [-0.3, -0.25) is 0 Å². The van der Waals surface area contributed by atoms with Crippen LogP contribution < -0.4 is 0 Å². The minimum Gasteiger partial charge on any atom is -0.229 e. The van der Waals surface area contributed by atoms with Crippen molar-refractivity contribution in [2.45, 2.75) is 25.4 Å². The normalized spacial score (nSPS) is 27.5. The zero-order chi connectivity index (χ0) is 7.68. The van der Waals surface area contributed by atoms with E-state index in [-0.39, 0.29) is 0 Å². The van der Waals surface area contributed by atoms with Crippen molar-refractivity contribution in [2.24, 2.45) is 0 Å². The van der Waals surface area contributed by atoms with Gasteiger partial charge >= 0.3 is 0 Å². The van der Waals surface area contributed by atoms with E-state index in [0.717, 1.165) is 18.4 Å². The number of rotatable bonds is 0. The molecule has 0 heterocycles. The molecule has 0 aromatic heterocycles. The van der Waals surface area contributed by atoms with Crippen LogP contribution >= 0.6 is 0 Å². The van der Waals surface area contributed by atoms with Gasteiger partial charge in [0.15, 0.2) is 6.17 Å². The molecule has 0 radical (unpaired) electrons. The van der Waals surface area contributed by atoms with Crippen molar-refractivity contribution in [1.29, 1.82) is 0 Å². The summed E-state index contributed by atoms with van der Waals surface area (Å²) in [5.74, 6) is 5.44. The van der Waals surface area contributed by atoms with Gasteiger partial charge in [-0.15, -0.1) is 0 Å². The monoisotopic (exact) mass is 148 g/mol. The van der Waals surface area contributed by atoms with Gasteiger partial charge in [0.05, 0.1) is 0 Å². The number of hydrogen-bond donors (Lipinski definition) is 0. The maximum atomic E-state index is 12.7. The van der Waals surface area contributed by atoms with E-state index in [1.165, 1.54) is 12.0 Å². The van der Waals surface area contributed by atoms with Gasteiger partial charge in [-0.25, -0.2) is 4.39 Å². The van der Waals surface area contributed by atoms with Crippen molar-refractivity contribution in [2.75, 3.05) is 0 Å². The van der Waals surface area contributed by atoms with E-state index >= 15 is 0 Å². The summed E-state index contributed by atoms with van der Waals surface area (Å²) in [7, 11) is 0. The lowest BCUT2D eigenvalue weighted by Crippen LogP contribution is -1.86. The zero-order valence-electron chi connectivity index (χ0n) is 6.23. The van der Waals surface area contributed by atoms with Gasteiger partial charge in [0.25, 0.3) is 0 Å². The van der Waals surface area contributed by atoms with Crippen molar-refractivity contribution in [1.82, 2.24) is 0 Å². The quantitative estimate of drug-likeness (QED) is 0.463. The van der Waals surface area contributed by atoms with E-state index in [2.05, 4.69) is 11.8 Å². The molecule has 0 spiro atoms. The molecule has 56 valence electrons. The van der Waals surface area contributed by atoms with Crippen molar-refractivity contribution in [3.8, 4) is 11.8 Å². The third-order valence-corrected chi connectivity index (χ3v) is 2.09. The van der Waals surface area contributed by atoms with Crippen LogP contribution in [0, 0.1) is 11.8 Å². The highest BCUT2D eigenvalue weighted by Crippen LogP contribution is 2.27. The summed E-state index contributed by atoms with van der Waals surface area (Å²) in [4.78, 5) is 0. The van der Waals surface area contributed by atoms with E-state index in [4.69, 9.17) is 0 Å². The minimum atomic E-state index is -1.06. The molecule has 0 fully saturated rings. The average Bonchev–Trinajstić information content (AvgIpc) is 2.38. The average molecular weight is 148 g/mol. The number of halogens is 1. The molecule has 1 atom stereocenters. The lowest BCUT2D eigenvalue weighted by molar-refractivity contribution is 0.482. The van der Waals surface area contributed by atoms with Crippen LogP contribution in [0.15, 0.2) is 23.3 Å². The third-order valence-electron chi connectivity index (χ3n) is 2.09. The van der Waals surface area contributed by atoms with Crippen molar-refractivity contribution < 1.29 is 4.39 Å². The predicted octanol–water partition coefficient (Wildman–Crippen LogP) is 2.38. The van der Waals surface area contributed by atoms with Gasteiger partial charge in [0.1, 0.15) is 0 Å². The van der Waals surface area contributed by atoms with Crippen LogP contribution in [0.4, 0.5) is 4.39 Å². The standard InChI is InChI=1S/C10H9F/c11-10-6-4-8-2-1-3-9(8)5-7-10/h4,6,10H,1-3H2. The molecule has 1 heteroatoms. The van der Waals surface area contributed by atoms with Crippen molar-refractivity contribution in [3.63, 3.8) is 0 Å². The Balaban J connectivity index is 2.35. The fourth-order valence-electron chi connectivity index (χ4n) is 1.50. The Morgan fingerprint density at radius 1 is 1.45 bits per heavy atom. The maximum Gasteiger partial charge on any atom is 0.179 e. The lowest BCUT2D eigenvalue weighted by atomic mass is 10.2. The molecule has 1 unspecified atom stereocenters. The second-order valence-corrected chi connectivity index (χ2v) is 2.89. The molecule has 0 saturated carbocycles. The van der Waals surface area contributed by atoms with Crippen LogP contribution in [0.5, 0.6) is 0 Å². The Hall–Kier alpha value is -1.03. The molecule has 0 amide bonds. The highest BCUT2D eigenvalue weighted by Gasteiger charge is 2.12. The Morgan fingerprint density at radius 2 is 2.36 bits per heavy atom. The SMILES string of the molecule is FC1C#CC2=C(C=C1)CCC2. The van der Waals surface area contributed by atoms with Gasteiger partial charge in [-0.05, 0) is 30.9 Å². The summed E-state index contributed by atoms with van der Waals surface area (Å²) in [5.41, 5.74) is 2.40. The van der Waals surface area contributed by atoms with Crippen LogP contribution in [-0.4, -0.2) is 6.17 Å². The molecule has 0 aliphatic heterocycles. The van der Waals surface area contributed by atoms with E-state index in [0.29, 0.717) is 0 Å². The number of alkyl halides is 1. The molecular formula is C10H9F. The number of hydrogen-bond acceptors (Lipinski definition) is 0. The largest absolute Gasteiger partial charge is 0.229 e. The Labute approximate surface area is 65.8 Å². The molecule has 0 bridgehead atoms. The van der Waals surface area contributed by atoms with Gasteiger partial charge in [-0.1, -0.05) is 17.9 Å². The Kier molecular flexibility index (Phi) is 1.54. The van der Waals surface area contributed by atoms with Gasteiger partial charge < -0.3 is 0 Å². The molecule has 0 saturated heterocycles. The van der Waals surface area contributed by atoms with Crippen LogP contribution in [0.1, 0.15) is 19.3 Å². The van der Waals surface area contributed by atoms with Crippen LogP contribution in [0.25, 0.3) is 0 Å². The van der Waals surface area contributed by atoms with Crippen molar-refractivity contribution in [3.05, 3.63) is 23.3 Å². The highest BCUT2D eigenvalue weighted by atomic mass is 19.1. The Morgan fingerprint density at radius 3 is 3.27 bits per heavy atom. The lowest BCUT2D eigenvalue weighted by Gasteiger charge is -1.90. The molecule has 0 aromatic rings. The van der Waals surface area contributed by atoms with Crippen LogP contribution in [-0.2, 0) is 0 Å². The predicted molar refractivity (Wildman–Crippen MR) is 42.7 cm³/mol. The molecule has 2 aliphatic rings. The first kappa shape index (κ1) is 6.67. The van der Waals surface area contributed by atoms with E-state index in [1.807, 2.05) is 6.08 Å². The van der Waals surface area contributed by atoms with Crippen LogP contribution in [0.2, 0.25) is 0 Å². The zero-order valence-corrected chi connectivity index (χ0v) is 6.23. The first-order valence-electron chi connectivity index (χ1n) is 3.92. The minimum absolute atomic E-state index is 1.04. The topological polar surface area (TPSA) is 0 Å². The van der Waals surface area contributed by atoms with Crippen molar-refractivity contribution >= 4 is 0 Å². The van der Waals surface area contributed by atoms with E-state index < -0.39 is 6.17 Å². The Bertz CT molecular complexity index is 286. The van der Waals surface area contributed by atoms with Crippen LogP contribution in [0.3, 0.4) is 0 Å². The fraction of sp³-hybridized carbons (Fsp3) is 0.400. The molecule has 0 N–H and O–H groups in total. The second-order valence-electron chi connectivity index (χ2n) is 2.89. The first-order chi connectivity index (χ1) is 5.36. The molecular weight excluding hydrogens is 139 g/mol. The maximum absolute atomic E-state index is 12.7. The smallest absolute Gasteiger partial charge is 0.179 e. The first-order valence-corrected chi connectivity index (χ1v) is 3.92. The van der Waals surface area contributed by atoms with Gasteiger partial charge in [0.2, 0.25) is 0 Å². The summed E-state index contributed by atoms with van der Waals surface area (Å²) in [5, 5.41) is 0. The summed E-state index contributed by atoms with van der Waals surface area (Å²) in [6.45, 7) is 0. The molecule has 0 aromatic carbocycles. The third kappa shape index (κ3) is 1.21. The van der Waals surface area contributed by atoms with E-state index in [9.17, 15) is 4.39 Å². The van der Waals surface area contributed by atoms with Gasteiger partial charge in [-0.2, -0.15) is 0 Å². The van der Waals surface area contributed by atoms with E-state index in [1.54, 1.807) is 6.08 Å². The number of allylic oxidation sites excluding steroid dienone is 4.